The molecule has 0 radical (unpaired) electrons. The first kappa shape index (κ1) is 17.2. The van der Waals surface area contributed by atoms with Crippen LogP contribution in [0.25, 0.3) is 0 Å². The number of hydrogen-bond donors (Lipinski definition) is 1. The molecule has 0 saturated heterocycles. The number of halogens is 3. The Bertz CT molecular complexity index is 325. The molecular weight excluding hydrogens is 271 g/mol. The highest BCUT2D eigenvalue weighted by molar-refractivity contribution is 6.02. The van der Waals surface area contributed by atoms with Gasteiger partial charge in [-0.3, -0.25) is 4.79 Å². The van der Waals surface area contributed by atoms with E-state index in [2.05, 4.69) is 9.47 Å². The first-order chi connectivity index (χ1) is 8.71. The van der Waals surface area contributed by atoms with Crippen molar-refractivity contribution in [1.29, 1.82) is 0 Å². The van der Waals surface area contributed by atoms with Gasteiger partial charge in [-0.1, -0.05) is 0 Å². The van der Waals surface area contributed by atoms with Crippen LogP contribution < -0.4 is 5.32 Å². The van der Waals surface area contributed by atoms with Gasteiger partial charge in [-0.2, -0.15) is 13.2 Å². The van der Waals surface area contributed by atoms with Gasteiger partial charge in [0.2, 0.25) is 11.9 Å². The van der Waals surface area contributed by atoms with E-state index in [1.165, 1.54) is 13.8 Å². The SMILES string of the molecule is CCOC(=O)C(NC(=O)CC(F)(F)F)C(=O)OCC. The summed E-state index contributed by atoms with van der Waals surface area (Å²) in [6.45, 7) is 2.70. The summed E-state index contributed by atoms with van der Waals surface area (Å²) in [6, 6.07) is -1.89. The van der Waals surface area contributed by atoms with E-state index >= 15 is 0 Å². The second kappa shape index (κ2) is 7.59. The molecule has 0 fully saturated rings. The number of amides is 1. The molecular formula is C10H14F3NO5. The molecule has 1 N–H and O–H groups in total. The van der Waals surface area contributed by atoms with Crippen LogP contribution in [0.2, 0.25) is 0 Å². The van der Waals surface area contributed by atoms with Crippen molar-refractivity contribution in [2.24, 2.45) is 0 Å². The van der Waals surface area contributed by atoms with E-state index in [4.69, 9.17) is 0 Å². The van der Waals surface area contributed by atoms with Gasteiger partial charge < -0.3 is 14.8 Å². The molecule has 0 aliphatic carbocycles. The van der Waals surface area contributed by atoms with E-state index < -0.39 is 36.5 Å². The maximum Gasteiger partial charge on any atom is 0.397 e. The maximum atomic E-state index is 12.0. The van der Waals surface area contributed by atoms with E-state index in [-0.39, 0.29) is 13.2 Å². The van der Waals surface area contributed by atoms with E-state index in [0.717, 1.165) is 0 Å². The number of carbonyl (C=O) groups is 3. The van der Waals surface area contributed by atoms with Crippen LogP contribution in [-0.4, -0.2) is 43.3 Å². The Morgan fingerprint density at radius 2 is 1.47 bits per heavy atom. The molecule has 0 aliphatic heterocycles. The molecule has 0 heterocycles. The first-order valence-corrected chi connectivity index (χ1v) is 5.40. The minimum absolute atomic E-state index is 0.0934. The zero-order chi connectivity index (χ0) is 15.1. The zero-order valence-electron chi connectivity index (χ0n) is 10.4. The highest BCUT2D eigenvalue weighted by atomic mass is 19.4. The fourth-order valence-corrected chi connectivity index (χ4v) is 1.06. The minimum Gasteiger partial charge on any atom is -0.464 e. The summed E-state index contributed by atoms with van der Waals surface area (Å²) in [6.07, 6.45) is -6.54. The molecule has 0 bridgehead atoms. The molecule has 0 spiro atoms. The molecule has 0 saturated carbocycles. The Morgan fingerprint density at radius 1 is 1.05 bits per heavy atom. The lowest BCUT2D eigenvalue weighted by molar-refractivity contribution is -0.165. The van der Waals surface area contributed by atoms with Crippen molar-refractivity contribution in [2.75, 3.05) is 13.2 Å². The Hall–Kier alpha value is -1.80. The lowest BCUT2D eigenvalue weighted by Crippen LogP contribution is -2.49. The molecule has 0 rings (SSSR count). The van der Waals surface area contributed by atoms with E-state index in [0.29, 0.717) is 0 Å². The van der Waals surface area contributed by atoms with Crippen molar-refractivity contribution in [2.45, 2.75) is 32.5 Å². The largest absolute Gasteiger partial charge is 0.464 e. The Morgan fingerprint density at radius 3 is 1.79 bits per heavy atom. The summed E-state index contributed by atoms with van der Waals surface area (Å²) in [5.74, 6) is -3.86. The van der Waals surface area contributed by atoms with Crippen molar-refractivity contribution >= 4 is 17.8 Å². The predicted molar refractivity (Wildman–Crippen MR) is 55.9 cm³/mol. The third kappa shape index (κ3) is 7.27. The zero-order valence-corrected chi connectivity index (χ0v) is 10.4. The Labute approximate surface area is 107 Å². The second-order valence-corrected chi connectivity index (χ2v) is 3.30. The third-order valence-corrected chi connectivity index (χ3v) is 1.71. The van der Waals surface area contributed by atoms with E-state index in [1.54, 1.807) is 5.32 Å². The van der Waals surface area contributed by atoms with Crippen LogP contribution >= 0.6 is 0 Å². The number of alkyl halides is 3. The third-order valence-electron chi connectivity index (χ3n) is 1.71. The summed E-state index contributed by atoms with van der Waals surface area (Å²) in [5, 5.41) is 1.63. The van der Waals surface area contributed by atoms with Crippen molar-refractivity contribution in [1.82, 2.24) is 5.32 Å². The van der Waals surface area contributed by atoms with Crippen LogP contribution in [0.5, 0.6) is 0 Å². The van der Waals surface area contributed by atoms with Gasteiger partial charge in [0.05, 0.1) is 13.2 Å². The Kier molecular flexibility index (Phi) is 6.87. The average Bonchev–Trinajstić information content (AvgIpc) is 2.24. The number of carbonyl (C=O) groups excluding carboxylic acids is 3. The smallest absolute Gasteiger partial charge is 0.397 e. The van der Waals surface area contributed by atoms with Crippen molar-refractivity contribution in [3.05, 3.63) is 0 Å². The number of hydrogen-bond acceptors (Lipinski definition) is 5. The number of nitrogens with one attached hydrogen (secondary N) is 1. The number of rotatable bonds is 6. The quantitative estimate of drug-likeness (QED) is 0.569. The van der Waals surface area contributed by atoms with Crippen LogP contribution in [0.15, 0.2) is 0 Å². The molecule has 0 aromatic carbocycles. The molecule has 0 aliphatic rings. The fourth-order valence-electron chi connectivity index (χ4n) is 1.06. The second-order valence-electron chi connectivity index (χ2n) is 3.30. The predicted octanol–water partition coefficient (Wildman–Crippen LogP) is 0.550. The van der Waals surface area contributed by atoms with Gasteiger partial charge in [-0.25, -0.2) is 9.59 Å². The number of esters is 2. The van der Waals surface area contributed by atoms with Crippen LogP contribution in [0, 0.1) is 0 Å². The van der Waals surface area contributed by atoms with Crippen LogP contribution in [0.4, 0.5) is 13.2 Å². The molecule has 6 nitrogen and oxygen atoms in total. The summed E-state index contributed by atoms with van der Waals surface area (Å²) in [4.78, 5) is 33.7. The van der Waals surface area contributed by atoms with Crippen molar-refractivity contribution < 1.29 is 37.0 Å². The lowest BCUT2D eigenvalue weighted by Gasteiger charge is -2.16. The van der Waals surface area contributed by atoms with Crippen LogP contribution in [-0.2, 0) is 23.9 Å². The maximum absolute atomic E-state index is 12.0. The molecule has 1 amide bonds. The van der Waals surface area contributed by atoms with Gasteiger partial charge in [-0.05, 0) is 13.8 Å². The molecule has 0 atom stereocenters. The highest BCUT2D eigenvalue weighted by Crippen LogP contribution is 2.19. The molecule has 19 heavy (non-hydrogen) atoms. The van der Waals surface area contributed by atoms with Gasteiger partial charge in [0.15, 0.2) is 0 Å². The first-order valence-electron chi connectivity index (χ1n) is 5.40. The van der Waals surface area contributed by atoms with E-state index in [1.807, 2.05) is 0 Å². The van der Waals surface area contributed by atoms with Crippen LogP contribution in [0.3, 0.4) is 0 Å². The van der Waals surface area contributed by atoms with Gasteiger partial charge in [0.1, 0.15) is 6.42 Å². The molecule has 110 valence electrons. The fraction of sp³-hybridized carbons (Fsp3) is 0.700. The summed E-state index contributed by atoms with van der Waals surface area (Å²) < 4.78 is 44.8. The standard InChI is InChI=1S/C10H14F3NO5/c1-3-18-8(16)7(9(17)19-4-2)14-6(15)5-10(11,12)13/h7H,3-5H2,1-2H3,(H,14,15). The molecule has 0 aromatic rings. The minimum atomic E-state index is -4.74. The van der Waals surface area contributed by atoms with Crippen molar-refractivity contribution in [3.8, 4) is 0 Å². The Balaban J connectivity index is 4.71. The van der Waals surface area contributed by atoms with Gasteiger partial charge in [0, 0.05) is 0 Å². The number of ether oxygens (including phenoxy) is 2. The summed E-state index contributed by atoms with van der Waals surface area (Å²) in [5.41, 5.74) is 0. The summed E-state index contributed by atoms with van der Waals surface area (Å²) >= 11 is 0. The van der Waals surface area contributed by atoms with E-state index in [9.17, 15) is 27.6 Å². The van der Waals surface area contributed by atoms with Crippen LogP contribution in [0.1, 0.15) is 20.3 Å². The van der Waals surface area contributed by atoms with Gasteiger partial charge >= 0.3 is 18.1 Å². The average molecular weight is 285 g/mol. The molecule has 0 unspecified atom stereocenters. The monoisotopic (exact) mass is 285 g/mol. The van der Waals surface area contributed by atoms with Gasteiger partial charge in [0.25, 0.3) is 0 Å². The molecule has 9 heteroatoms. The van der Waals surface area contributed by atoms with Gasteiger partial charge in [-0.15, -0.1) is 0 Å². The summed E-state index contributed by atoms with van der Waals surface area (Å²) in [7, 11) is 0. The topological polar surface area (TPSA) is 81.7 Å². The van der Waals surface area contributed by atoms with Crippen molar-refractivity contribution in [3.63, 3.8) is 0 Å². The molecule has 0 aromatic heterocycles. The highest BCUT2D eigenvalue weighted by Gasteiger charge is 2.36. The lowest BCUT2D eigenvalue weighted by atomic mass is 10.2. The normalized spacial score (nSPS) is 11.1.